The molecule has 1 aliphatic rings. The molecule has 0 N–H and O–H groups in total. The van der Waals surface area contributed by atoms with Crippen LogP contribution in [0.2, 0.25) is 0 Å². The molecule has 0 spiro atoms. The minimum atomic E-state index is 0.144. The zero-order valence-corrected chi connectivity index (χ0v) is 21.0. The molecule has 170 valence electrons. The van der Waals surface area contributed by atoms with E-state index in [4.69, 9.17) is 6.57 Å². The quantitative estimate of drug-likeness (QED) is 0.275. The van der Waals surface area contributed by atoms with Gasteiger partial charge >= 0.3 is 0 Å². The average molecular weight is 551 g/mol. The van der Waals surface area contributed by atoms with E-state index in [2.05, 4.69) is 60.9 Å². The van der Waals surface area contributed by atoms with Gasteiger partial charge in [0.05, 0.1) is 25.1 Å². The van der Waals surface area contributed by atoms with E-state index in [9.17, 15) is 4.79 Å². The highest BCUT2D eigenvalue weighted by molar-refractivity contribution is 14.1. The number of hydrogen-bond donors (Lipinski definition) is 0. The second-order valence-corrected chi connectivity index (χ2v) is 9.72. The van der Waals surface area contributed by atoms with Gasteiger partial charge in [0, 0.05) is 41.1 Å². The van der Waals surface area contributed by atoms with E-state index in [1.165, 1.54) is 0 Å². The third kappa shape index (κ3) is 5.81. The zero-order valence-electron chi connectivity index (χ0n) is 18.8. The standard InChI is InChI=1S/C26H28IN5O/c1-3-4-7-24-17-32(23-8-5-6-21(27)13-23)26(33)18-30(24)16-25-14-29-19-31(25)15-20-9-11-22(28-2)12-10-20/h5-6,8-14,19,24H,3-4,7,15-18H2,1H3/t24-/m0/s1/i27-2. The molecule has 0 aliphatic carbocycles. The van der Waals surface area contributed by atoms with E-state index in [-0.39, 0.29) is 5.91 Å². The Hall–Kier alpha value is -2.70. The molecular formula is C26H28IN5O. The Bertz CT molecular complexity index is 1130. The molecule has 3 aromatic rings. The van der Waals surface area contributed by atoms with Crippen LogP contribution in [0.1, 0.15) is 37.4 Å². The highest BCUT2D eigenvalue weighted by atomic mass is 125. The van der Waals surface area contributed by atoms with Crippen molar-refractivity contribution in [2.24, 2.45) is 0 Å². The van der Waals surface area contributed by atoms with Crippen molar-refractivity contribution in [2.75, 3.05) is 18.0 Å². The number of rotatable bonds is 8. The molecule has 1 aliphatic heterocycles. The minimum Gasteiger partial charge on any atom is -0.329 e. The SMILES string of the molecule is [C-]#[N+]c1ccc(Cn2cncc2CN2CC(=O)N(c3cccc([125I])c3)C[C@@H]2CCCC)cc1. The van der Waals surface area contributed by atoms with Gasteiger partial charge in [0.2, 0.25) is 5.91 Å². The van der Waals surface area contributed by atoms with E-state index in [1.807, 2.05) is 53.8 Å². The maximum absolute atomic E-state index is 13.1. The van der Waals surface area contributed by atoms with Crippen LogP contribution in [0.3, 0.4) is 0 Å². The molecule has 0 radical (unpaired) electrons. The van der Waals surface area contributed by atoms with E-state index in [1.54, 1.807) is 0 Å². The van der Waals surface area contributed by atoms with Gasteiger partial charge in [-0.25, -0.2) is 9.83 Å². The largest absolute Gasteiger partial charge is 0.329 e. The smallest absolute Gasteiger partial charge is 0.241 e. The van der Waals surface area contributed by atoms with E-state index in [0.29, 0.717) is 37.9 Å². The Labute approximate surface area is 209 Å². The van der Waals surface area contributed by atoms with Crippen molar-refractivity contribution in [3.05, 3.63) is 87.3 Å². The first kappa shape index (κ1) is 23.5. The third-order valence-electron chi connectivity index (χ3n) is 6.14. The van der Waals surface area contributed by atoms with Crippen molar-refractivity contribution in [1.29, 1.82) is 0 Å². The van der Waals surface area contributed by atoms with Gasteiger partial charge in [-0.3, -0.25) is 9.69 Å². The number of benzene rings is 2. The molecule has 1 fully saturated rings. The number of nitrogens with zero attached hydrogens (tertiary/aromatic N) is 5. The third-order valence-corrected chi connectivity index (χ3v) is 6.81. The first-order valence-electron chi connectivity index (χ1n) is 11.3. The predicted octanol–water partition coefficient (Wildman–Crippen LogP) is 5.49. The van der Waals surface area contributed by atoms with Gasteiger partial charge in [0.15, 0.2) is 5.69 Å². The molecule has 2 heterocycles. The van der Waals surface area contributed by atoms with Crippen LogP contribution in [0.5, 0.6) is 0 Å². The number of unbranched alkanes of at least 4 members (excludes halogenated alkanes) is 1. The molecule has 0 saturated carbocycles. The van der Waals surface area contributed by atoms with Crippen molar-refractivity contribution in [2.45, 2.75) is 45.3 Å². The molecule has 6 nitrogen and oxygen atoms in total. The molecule has 0 unspecified atom stereocenters. The molecule has 1 atom stereocenters. The van der Waals surface area contributed by atoms with Gasteiger partial charge in [0.25, 0.3) is 0 Å². The molecular weight excluding hydrogens is 523 g/mol. The van der Waals surface area contributed by atoms with E-state index < -0.39 is 0 Å². The van der Waals surface area contributed by atoms with Gasteiger partial charge in [0.1, 0.15) is 0 Å². The Morgan fingerprint density at radius 1 is 1.18 bits per heavy atom. The van der Waals surface area contributed by atoms with Gasteiger partial charge < -0.3 is 9.47 Å². The Morgan fingerprint density at radius 2 is 2.00 bits per heavy atom. The molecule has 33 heavy (non-hydrogen) atoms. The van der Waals surface area contributed by atoms with Crippen LogP contribution < -0.4 is 4.90 Å². The second-order valence-electron chi connectivity index (χ2n) is 8.48. The Morgan fingerprint density at radius 3 is 2.73 bits per heavy atom. The number of aromatic nitrogens is 2. The van der Waals surface area contributed by atoms with Crippen LogP contribution in [-0.2, 0) is 17.9 Å². The summed E-state index contributed by atoms with van der Waals surface area (Å²) in [5.74, 6) is 0.144. The van der Waals surface area contributed by atoms with Gasteiger partial charge in [-0.15, -0.1) is 0 Å². The zero-order chi connectivity index (χ0) is 23.2. The van der Waals surface area contributed by atoms with Crippen LogP contribution in [0.15, 0.2) is 61.1 Å². The number of anilines is 1. The van der Waals surface area contributed by atoms with Crippen molar-refractivity contribution in [3.63, 3.8) is 0 Å². The fourth-order valence-corrected chi connectivity index (χ4v) is 4.84. The van der Waals surface area contributed by atoms with Crippen LogP contribution in [0.25, 0.3) is 4.85 Å². The summed E-state index contributed by atoms with van der Waals surface area (Å²) in [5, 5.41) is 0. The lowest BCUT2D eigenvalue weighted by molar-refractivity contribution is -0.122. The van der Waals surface area contributed by atoms with Crippen molar-refractivity contribution in [3.8, 4) is 0 Å². The molecule has 1 amide bonds. The number of hydrogen-bond acceptors (Lipinski definition) is 3. The van der Waals surface area contributed by atoms with E-state index in [0.717, 1.165) is 39.8 Å². The number of imidazole rings is 1. The van der Waals surface area contributed by atoms with Gasteiger partial charge in [-0.1, -0.05) is 50.1 Å². The van der Waals surface area contributed by atoms with Crippen LogP contribution in [0.4, 0.5) is 11.4 Å². The minimum absolute atomic E-state index is 0.144. The summed E-state index contributed by atoms with van der Waals surface area (Å²) in [7, 11) is 0. The lowest BCUT2D eigenvalue weighted by atomic mass is 10.0. The summed E-state index contributed by atoms with van der Waals surface area (Å²) in [4.78, 5) is 25.3. The summed E-state index contributed by atoms with van der Waals surface area (Å²) in [6.07, 6.45) is 7.10. The number of amides is 1. The van der Waals surface area contributed by atoms with Crippen LogP contribution in [0, 0.1) is 10.1 Å². The summed E-state index contributed by atoms with van der Waals surface area (Å²) in [5.41, 5.74) is 3.86. The average Bonchev–Trinajstić information content (AvgIpc) is 3.25. The molecule has 7 heteroatoms. The topological polar surface area (TPSA) is 45.7 Å². The Kier molecular flexibility index (Phi) is 7.78. The maximum Gasteiger partial charge on any atom is 0.241 e. The highest BCUT2D eigenvalue weighted by Crippen LogP contribution is 2.25. The molecule has 2 aromatic carbocycles. The predicted molar refractivity (Wildman–Crippen MR) is 139 cm³/mol. The lowest BCUT2D eigenvalue weighted by Crippen LogP contribution is -2.56. The van der Waals surface area contributed by atoms with Gasteiger partial charge in [-0.2, -0.15) is 0 Å². The second kappa shape index (κ2) is 10.9. The highest BCUT2D eigenvalue weighted by Gasteiger charge is 2.33. The number of halogens is 1. The summed E-state index contributed by atoms with van der Waals surface area (Å²) >= 11 is 2.30. The fraction of sp³-hybridized carbons (Fsp3) is 0.346. The summed E-state index contributed by atoms with van der Waals surface area (Å²) in [6, 6.07) is 16.2. The summed E-state index contributed by atoms with van der Waals surface area (Å²) in [6.45, 7) is 11.8. The number of carbonyl (C=O) groups is 1. The van der Waals surface area contributed by atoms with Crippen LogP contribution >= 0.6 is 22.6 Å². The Balaban J connectivity index is 1.50. The molecule has 4 rings (SSSR count). The van der Waals surface area contributed by atoms with Crippen LogP contribution in [-0.4, -0.2) is 39.5 Å². The first-order valence-corrected chi connectivity index (χ1v) is 12.4. The van der Waals surface area contributed by atoms with Crippen molar-refractivity contribution in [1.82, 2.24) is 14.5 Å². The first-order chi connectivity index (χ1) is 16.1. The molecule has 1 aromatic heterocycles. The normalized spacial score (nSPS) is 16.7. The van der Waals surface area contributed by atoms with E-state index >= 15 is 0 Å². The van der Waals surface area contributed by atoms with Crippen molar-refractivity contribution >= 4 is 39.9 Å². The monoisotopic (exact) mass is 551 g/mol. The maximum atomic E-state index is 13.1. The van der Waals surface area contributed by atoms with Gasteiger partial charge in [-0.05, 0) is 52.8 Å². The number of piperazine rings is 1. The lowest BCUT2D eigenvalue weighted by Gasteiger charge is -2.41. The molecule has 1 saturated heterocycles. The molecule has 0 bridgehead atoms. The van der Waals surface area contributed by atoms with Crippen molar-refractivity contribution < 1.29 is 4.79 Å². The number of carbonyl (C=O) groups excluding carboxylic acids is 1. The fourth-order valence-electron chi connectivity index (χ4n) is 4.31. The summed E-state index contributed by atoms with van der Waals surface area (Å²) < 4.78 is 3.28.